The zero-order valence-corrected chi connectivity index (χ0v) is 13.6. The fraction of sp³-hybridized carbons (Fsp3) is 0.429. The van der Waals surface area contributed by atoms with Gasteiger partial charge in [0, 0.05) is 5.71 Å². The molecule has 0 unspecified atom stereocenters. The molecule has 0 atom stereocenters. The summed E-state index contributed by atoms with van der Waals surface area (Å²) in [4.78, 5) is 11.8. The number of nitrogens with zero attached hydrogens (tertiary/aromatic N) is 2. The Kier molecular flexibility index (Phi) is 5.90. The first kappa shape index (κ1) is 17.2. The molecule has 1 amide bonds. The van der Waals surface area contributed by atoms with Gasteiger partial charge in [0.25, 0.3) is 5.91 Å². The van der Waals surface area contributed by atoms with E-state index in [2.05, 4.69) is 10.5 Å². The van der Waals surface area contributed by atoms with E-state index in [0.29, 0.717) is 11.4 Å². The Morgan fingerprint density at radius 1 is 1.24 bits per heavy atom. The summed E-state index contributed by atoms with van der Waals surface area (Å²) in [5.74, 6) is -0.485. The maximum Gasteiger partial charge on any atom is 0.260 e. The molecule has 0 aliphatic heterocycles. The van der Waals surface area contributed by atoms with E-state index in [0.717, 1.165) is 22.5 Å². The summed E-state index contributed by atoms with van der Waals surface area (Å²) in [6.07, 6.45) is 1.94. The van der Waals surface area contributed by atoms with Crippen molar-refractivity contribution in [3.05, 3.63) is 29.8 Å². The zero-order valence-electron chi connectivity index (χ0n) is 12.8. The summed E-state index contributed by atoms with van der Waals surface area (Å²) < 4.78 is 24.8. The molecule has 0 spiro atoms. The number of amides is 1. The van der Waals surface area contributed by atoms with Crippen LogP contribution in [0.25, 0.3) is 0 Å². The lowest BCUT2D eigenvalue weighted by molar-refractivity contribution is -0.119. The number of aryl methyl sites for hydroxylation is 1. The van der Waals surface area contributed by atoms with Crippen LogP contribution in [0, 0.1) is 0 Å². The summed E-state index contributed by atoms with van der Waals surface area (Å²) in [7, 11) is -3.55. The van der Waals surface area contributed by atoms with Gasteiger partial charge in [-0.2, -0.15) is 5.10 Å². The predicted molar refractivity (Wildman–Crippen MR) is 84.9 cm³/mol. The van der Waals surface area contributed by atoms with Gasteiger partial charge in [-0.05, 0) is 38.0 Å². The van der Waals surface area contributed by atoms with E-state index < -0.39 is 15.9 Å². The maximum absolute atomic E-state index is 11.9. The fourth-order valence-electron chi connectivity index (χ4n) is 1.64. The topological polar surface area (TPSA) is 78.8 Å². The Bertz CT molecular complexity index is 617. The molecular formula is C14H21N3O3S. The second-order valence-corrected chi connectivity index (χ2v) is 6.79. The SMILES string of the molecule is CCc1ccc(N(CC(=O)NN=C(C)C)S(C)(=O)=O)cc1. The number of rotatable bonds is 6. The van der Waals surface area contributed by atoms with Gasteiger partial charge < -0.3 is 0 Å². The Labute approximate surface area is 125 Å². The van der Waals surface area contributed by atoms with Gasteiger partial charge in [-0.15, -0.1) is 0 Å². The molecule has 1 aromatic rings. The maximum atomic E-state index is 11.9. The average molecular weight is 311 g/mol. The second kappa shape index (κ2) is 7.21. The molecule has 0 fully saturated rings. The van der Waals surface area contributed by atoms with Crippen LogP contribution < -0.4 is 9.73 Å². The summed E-state index contributed by atoms with van der Waals surface area (Å²) in [6.45, 7) is 5.18. The minimum Gasteiger partial charge on any atom is -0.271 e. The van der Waals surface area contributed by atoms with Crippen molar-refractivity contribution >= 4 is 27.3 Å². The molecule has 21 heavy (non-hydrogen) atoms. The van der Waals surface area contributed by atoms with Crippen molar-refractivity contribution in [2.45, 2.75) is 27.2 Å². The molecule has 0 aliphatic rings. The van der Waals surface area contributed by atoms with Crippen molar-refractivity contribution < 1.29 is 13.2 Å². The number of anilines is 1. The van der Waals surface area contributed by atoms with Gasteiger partial charge in [-0.1, -0.05) is 19.1 Å². The molecule has 0 bridgehead atoms. The smallest absolute Gasteiger partial charge is 0.260 e. The van der Waals surface area contributed by atoms with Gasteiger partial charge in [0.05, 0.1) is 11.9 Å². The molecule has 0 radical (unpaired) electrons. The van der Waals surface area contributed by atoms with Gasteiger partial charge in [-0.25, -0.2) is 13.8 Å². The van der Waals surface area contributed by atoms with Crippen LogP contribution in [0.4, 0.5) is 5.69 Å². The van der Waals surface area contributed by atoms with E-state index in [1.807, 2.05) is 19.1 Å². The van der Waals surface area contributed by atoms with Crippen LogP contribution in [0.15, 0.2) is 29.4 Å². The third kappa shape index (κ3) is 5.55. The van der Waals surface area contributed by atoms with Crippen molar-refractivity contribution in [3.8, 4) is 0 Å². The molecule has 0 aromatic heterocycles. The number of hydrazone groups is 1. The minimum atomic E-state index is -3.55. The number of carbonyl (C=O) groups is 1. The standard InChI is InChI=1S/C14H21N3O3S/c1-5-12-6-8-13(9-7-12)17(21(4,19)20)10-14(18)16-15-11(2)3/h6-9H,5,10H2,1-4H3,(H,16,18). The minimum absolute atomic E-state index is 0.304. The number of carbonyl (C=O) groups excluding carboxylic acids is 1. The predicted octanol–water partition coefficient (Wildman–Crippen LogP) is 1.53. The number of hydrogen-bond acceptors (Lipinski definition) is 4. The summed E-state index contributed by atoms with van der Waals surface area (Å²) in [6, 6.07) is 7.09. The van der Waals surface area contributed by atoms with E-state index in [1.165, 1.54) is 0 Å². The van der Waals surface area contributed by atoms with Gasteiger partial charge in [-0.3, -0.25) is 9.10 Å². The fourth-order valence-corrected chi connectivity index (χ4v) is 2.49. The molecule has 0 aliphatic carbocycles. The van der Waals surface area contributed by atoms with Crippen molar-refractivity contribution in [2.75, 3.05) is 17.1 Å². The number of benzene rings is 1. The first-order valence-electron chi connectivity index (χ1n) is 6.60. The van der Waals surface area contributed by atoms with Gasteiger partial charge in [0.2, 0.25) is 10.0 Å². The highest BCUT2D eigenvalue weighted by Crippen LogP contribution is 2.18. The highest BCUT2D eigenvalue weighted by Gasteiger charge is 2.20. The summed E-state index contributed by atoms with van der Waals surface area (Å²) >= 11 is 0. The summed E-state index contributed by atoms with van der Waals surface area (Å²) in [5.41, 5.74) is 4.56. The molecule has 116 valence electrons. The lowest BCUT2D eigenvalue weighted by Gasteiger charge is -2.21. The highest BCUT2D eigenvalue weighted by atomic mass is 32.2. The second-order valence-electron chi connectivity index (χ2n) is 4.88. The molecule has 6 nitrogen and oxygen atoms in total. The van der Waals surface area contributed by atoms with E-state index in [9.17, 15) is 13.2 Å². The third-order valence-electron chi connectivity index (χ3n) is 2.72. The molecular weight excluding hydrogens is 290 g/mol. The molecule has 7 heteroatoms. The van der Waals surface area contributed by atoms with Crippen LogP contribution in [-0.2, 0) is 21.2 Å². The first-order valence-corrected chi connectivity index (χ1v) is 8.45. The van der Waals surface area contributed by atoms with Crippen LogP contribution in [0.2, 0.25) is 0 Å². The van der Waals surface area contributed by atoms with Gasteiger partial charge in [0.15, 0.2) is 0 Å². The normalized spacial score (nSPS) is 10.9. The summed E-state index contributed by atoms with van der Waals surface area (Å²) in [5, 5.41) is 3.78. The monoisotopic (exact) mass is 311 g/mol. The number of hydrogen-bond donors (Lipinski definition) is 1. The van der Waals surface area contributed by atoms with Crippen molar-refractivity contribution in [3.63, 3.8) is 0 Å². The Hall–Kier alpha value is -1.89. The van der Waals surface area contributed by atoms with Crippen LogP contribution >= 0.6 is 0 Å². The largest absolute Gasteiger partial charge is 0.271 e. The van der Waals surface area contributed by atoms with Crippen molar-refractivity contribution in [2.24, 2.45) is 5.10 Å². The number of sulfonamides is 1. The molecule has 1 N–H and O–H groups in total. The van der Waals surface area contributed by atoms with E-state index in [4.69, 9.17) is 0 Å². The number of nitrogens with one attached hydrogen (secondary N) is 1. The average Bonchev–Trinajstić information content (AvgIpc) is 2.41. The van der Waals surface area contributed by atoms with E-state index in [-0.39, 0.29) is 6.54 Å². The molecule has 1 aromatic carbocycles. The van der Waals surface area contributed by atoms with Crippen LogP contribution in [-0.4, -0.2) is 32.8 Å². The van der Waals surface area contributed by atoms with Crippen LogP contribution in [0.5, 0.6) is 0 Å². The highest BCUT2D eigenvalue weighted by molar-refractivity contribution is 7.92. The Balaban J connectivity index is 2.96. The molecule has 0 saturated heterocycles. The van der Waals surface area contributed by atoms with Crippen LogP contribution in [0.1, 0.15) is 26.3 Å². The van der Waals surface area contributed by atoms with Gasteiger partial charge in [0.1, 0.15) is 6.54 Å². The van der Waals surface area contributed by atoms with Crippen molar-refractivity contribution in [1.29, 1.82) is 0 Å². The lowest BCUT2D eigenvalue weighted by Crippen LogP contribution is -2.39. The molecule has 0 saturated carbocycles. The third-order valence-corrected chi connectivity index (χ3v) is 3.86. The first-order chi connectivity index (χ1) is 9.74. The Morgan fingerprint density at radius 2 is 1.81 bits per heavy atom. The Morgan fingerprint density at radius 3 is 2.24 bits per heavy atom. The van der Waals surface area contributed by atoms with Crippen LogP contribution in [0.3, 0.4) is 0 Å². The van der Waals surface area contributed by atoms with Crippen molar-refractivity contribution in [1.82, 2.24) is 5.43 Å². The molecule has 1 rings (SSSR count). The lowest BCUT2D eigenvalue weighted by atomic mass is 10.1. The molecule has 0 heterocycles. The van der Waals surface area contributed by atoms with E-state index in [1.54, 1.807) is 26.0 Å². The van der Waals surface area contributed by atoms with Gasteiger partial charge >= 0.3 is 0 Å². The van der Waals surface area contributed by atoms with E-state index >= 15 is 0 Å². The quantitative estimate of drug-likeness (QED) is 0.639. The zero-order chi connectivity index (χ0) is 16.0.